The number of nitrogens with zero attached hydrogens (tertiary/aromatic N) is 1. The molecular formula is C34H28ClN3O7. The second kappa shape index (κ2) is 14.2. The van der Waals surface area contributed by atoms with Crippen molar-refractivity contribution in [2.75, 3.05) is 23.4 Å². The Labute approximate surface area is 264 Å². The summed E-state index contributed by atoms with van der Waals surface area (Å²) in [5.74, 6) is -1.24. The molecule has 1 aliphatic rings. The number of anilines is 2. The van der Waals surface area contributed by atoms with Crippen LogP contribution in [0.3, 0.4) is 0 Å². The molecule has 4 aromatic rings. The number of hydrogen-bond donors (Lipinski definition) is 2. The number of ether oxygens (including phenoxy) is 3. The van der Waals surface area contributed by atoms with Gasteiger partial charge in [-0.3, -0.25) is 19.7 Å². The van der Waals surface area contributed by atoms with Gasteiger partial charge in [0.15, 0.2) is 18.1 Å². The highest BCUT2D eigenvalue weighted by molar-refractivity contribution is 6.39. The van der Waals surface area contributed by atoms with Crippen molar-refractivity contribution in [1.29, 1.82) is 0 Å². The van der Waals surface area contributed by atoms with Crippen LogP contribution in [-0.2, 0) is 21.0 Å². The molecule has 11 heteroatoms. The van der Waals surface area contributed by atoms with Crippen molar-refractivity contribution >= 4 is 52.8 Å². The van der Waals surface area contributed by atoms with Crippen LogP contribution in [0.5, 0.6) is 17.2 Å². The minimum absolute atomic E-state index is 0.0861. The maximum atomic E-state index is 13.4. The molecule has 0 aromatic heterocycles. The number of barbiturate groups is 1. The number of hydrogen-bond acceptors (Lipinski definition) is 7. The number of halogens is 1. The van der Waals surface area contributed by atoms with E-state index in [2.05, 4.69) is 10.6 Å². The smallest absolute Gasteiger partial charge is 0.335 e. The topological polar surface area (TPSA) is 123 Å². The van der Waals surface area contributed by atoms with E-state index in [4.69, 9.17) is 25.8 Å². The average Bonchev–Trinajstić information content (AvgIpc) is 3.03. The Bertz CT molecular complexity index is 1740. The molecule has 228 valence electrons. The van der Waals surface area contributed by atoms with Gasteiger partial charge < -0.3 is 19.5 Å². The first kappa shape index (κ1) is 30.8. The third-order valence-electron chi connectivity index (χ3n) is 6.49. The molecule has 45 heavy (non-hydrogen) atoms. The van der Waals surface area contributed by atoms with Crippen LogP contribution in [0.25, 0.3) is 6.08 Å². The van der Waals surface area contributed by atoms with Crippen LogP contribution in [-0.4, -0.2) is 37.0 Å². The Morgan fingerprint density at radius 2 is 1.58 bits per heavy atom. The van der Waals surface area contributed by atoms with E-state index >= 15 is 0 Å². The standard InChI is InChI=1S/C34H28ClN3O7/c1-2-43-29-19-23(18-28(35)31(29)45-21-30(39)36-24-11-7-4-8-12-24)17-27-32(40)37-34(42)38(33(27)41)25-13-15-26(16-14-25)44-20-22-9-5-3-6-10-22/h3-19H,2,20-21H2,1H3,(H,36,39)(H,37,40,42)/b27-17+. The molecular weight excluding hydrogens is 598 g/mol. The van der Waals surface area contributed by atoms with Crippen LogP contribution in [0.2, 0.25) is 5.02 Å². The molecule has 0 atom stereocenters. The number of nitrogens with one attached hydrogen (secondary N) is 2. The lowest BCUT2D eigenvalue weighted by atomic mass is 10.1. The Hall–Kier alpha value is -5.61. The van der Waals surface area contributed by atoms with Crippen molar-refractivity contribution < 1.29 is 33.4 Å². The van der Waals surface area contributed by atoms with Crippen molar-refractivity contribution in [3.05, 3.63) is 119 Å². The number of rotatable bonds is 11. The van der Waals surface area contributed by atoms with Crippen LogP contribution in [0.4, 0.5) is 16.2 Å². The normalized spacial score (nSPS) is 13.8. The maximum Gasteiger partial charge on any atom is 0.335 e. The number of carbonyl (C=O) groups excluding carboxylic acids is 4. The van der Waals surface area contributed by atoms with E-state index in [1.54, 1.807) is 55.5 Å². The molecule has 2 N–H and O–H groups in total. The number of urea groups is 1. The zero-order valence-electron chi connectivity index (χ0n) is 24.1. The Balaban J connectivity index is 1.32. The number of amides is 5. The Kier molecular flexibility index (Phi) is 9.76. The number of para-hydroxylation sites is 1. The molecule has 0 bridgehead atoms. The minimum atomic E-state index is -0.884. The molecule has 1 fully saturated rings. The van der Waals surface area contributed by atoms with Crippen LogP contribution >= 0.6 is 11.6 Å². The van der Waals surface area contributed by atoms with E-state index in [1.165, 1.54) is 18.2 Å². The highest BCUT2D eigenvalue weighted by Gasteiger charge is 2.37. The number of benzene rings is 4. The van der Waals surface area contributed by atoms with Crippen molar-refractivity contribution in [1.82, 2.24) is 5.32 Å². The number of imide groups is 2. The van der Waals surface area contributed by atoms with Gasteiger partial charge in [0.2, 0.25) is 0 Å². The molecule has 4 aromatic carbocycles. The quantitative estimate of drug-likeness (QED) is 0.155. The summed E-state index contributed by atoms with van der Waals surface area (Å²) in [7, 11) is 0. The predicted molar refractivity (Wildman–Crippen MR) is 169 cm³/mol. The Morgan fingerprint density at radius 1 is 0.889 bits per heavy atom. The predicted octanol–water partition coefficient (Wildman–Crippen LogP) is 6.00. The summed E-state index contributed by atoms with van der Waals surface area (Å²) in [6, 6.07) is 27.0. The van der Waals surface area contributed by atoms with Crippen LogP contribution in [0, 0.1) is 0 Å². The van der Waals surface area contributed by atoms with Crippen molar-refractivity contribution in [2.24, 2.45) is 0 Å². The molecule has 0 unspecified atom stereocenters. The lowest BCUT2D eigenvalue weighted by Crippen LogP contribution is -2.54. The van der Waals surface area contributed by atoms with Gasteiger partial charge in [0.05, 0.1) is 17.3 Å². The molecule has 0 saturated carbocycles. The largest absolute Gasteiger partial charge is 0.490 e. The fraction of sp³-hybridized carbons (Fsp3) is 0.118. The molecule has 0 spiro atoms. The van der Waals surface area contributed by atoms with Crippen LogP contribution < -0.4 is 29.7 Å². The van der Waals surface area contributed by atoms with Gasteiger partial charge in [0.1, 0.15) is 17.9 Å². The summed E-state index contributed by atoms with van der Waals surface area (Å²) in [6.45, 7) is 2.01. The van der Waals surface area contributed by atoms with E-state index in [-0.39, 0.29) is 41.0 Å². The van der Waals surface area contributed by atoms with Gasteiger partial charge in [-0.05, 0) is 72.7 Å². The minimum Gasteiger partial charge on any atom is -0.490 e. The third kappa shape index (κ3) is 7.67. The zero-order chi connectivity index (χ0) is 31.8. The molecule has 5 amide bonds. The van der Waals surface area contributed by atoms with Gasteiger partial charge in [-0.25, -0.2) is 9.69 Å². The molecule has 1 saturated heterocycles. The lowest BCUT2D eigenvalue weighted by Gasteiger charge is -2.26. The van der Waals surface area contributed by atoms with Gasteiger partial charge in [-0.15, -0.1) is 0 Å². The van der Waals surface area contributed by atoms with E-state index in [0.29, 0.717) is 23.6 Å². The van der Waals surface area contributed by atoms with E-state index in [9.17, 15) is 19.2 Å². The summed E-state index contributed by atoms with van der Waals surface area (Å²) >= 11 is 6.50. The van der Waals surface area contributed by atoms with Gasteiger partial charge in [-0.2, -0.15) is 0 Å². The van der Waals surface area contributed by atoms with E-state index < -0.39 is 23.8 Å². The van der Waals surface area contributed by atoms with Crippen LogP contribution in [0.15, 0.2) is 103 Å². The summed E-state index contributed by atoms with van der Waals surface area (Å²) < 4.78 is 17.2. The third-order valence-corrected chi connectivity index (χ3v) is 6.77. The second-order valence-corrected chi connectivity index (χ2v) is 10.1. The van der Waals surface area contributed by atoms with Crippen molar-refractivity contribution in [2.45, 2.75) is 13.5 Å². The lowest BCUT2D eigenvalue weighted by molar-refractivity contribution is -0.122. The first-order valence-electron chi connectivity index (χ1n) is 13.9. The van der Waals surface area contributed by atoms with Crippen molar-refractivity contribution in [3.63, 3.8) is 0 Å². The molecule has 0 aliphatic carbocycles. The first-order chi connectivity index (χ1) is 21.8. The highest BCUT2D eigenvalue weighted by Crippen LogP contribution is 2.38. The van der Waals surface area contributed by atoms with E-state index in [1.807, 2.05) is 36.4 Å². The fourth-order valence-electron chi connectivity index (χ4n) is 4.42. The SMILES string of the molecule is CCOc1cc(/C=C2\C(=O)NC(=O)N(c3ccc(OCc4ccccc4)cc3)C2=O)cc(Cl)c1OCC(=O)Nc1ccccc1. The molecule has 1 heterocycles. The number of carbonyl (C=O) groups is 4. The highest BCUT2D eigenvalue weighted by atomic mass is 35.5. The van der Waals surface area contributed by atoms with E-state index in [0.717, 1.165) is 10.5 Å². The summed E-state index contributed by atoms with van der Waals surface area (Å²) in [6.07, 6.45) is 1.30. The van der Waals surface area contributed by atoms with Gasteiger partial charge in [0, 0.05) is 5.69 Å². The maximum absolute atomic E-state index is 13.4. The van der Waals surface area contributed by atoms with Gasteiger partial charge in [0.25, 0.3) is 17.7 Å². The second-order valence-electron chi connectivity index (χ2n) is 9.69. The monoisotopic (exact) mass is 625 g/mol. The van der Waals surface area contributed by atoms with Gasteiger partial charge in [-0.1, -0.05) is 60.1 Å². The average molecular weight is 626 g/mol. The van der Waals surface area contributed by atoms with Gasteiger partial charge >= 0.3 is 6.03 Å². The molecule has 10 nitrogen and oxygen atoms in total. The summed E-state index contributed by atoms with van der Waals surface area (Å²) in [5.41, 5.74) is 1.88. The zero-order valence-corrected chi connectivity index (χ0v) is 24.9. The first-order valence-corrected chi connectivity index (χ1v) is 14.3. The van der Waals surface area contributed by atoms with Crippen LogP contribution in [0.1, 0.15) is 18.1 Å². The Morgan fingerprint density at radius 3 is 2.27 bits per heavy atom. The summed E-state index contributed by atoms with van der Waals surface area (Å²) in [4.78, 5) is 52.2. The molecule has 0 radical (unpaired) electrons. The fourth-order valence-corrected chi connectivity index (χ4v) is 4.70. The molecule has 5 rings (SSSR count). The molecule has 1 aliphatic heterocycles. The van der Waals surface area contributed by atoms with Crippen molar-refractivity contribution in [3.8, 4) is 17.2 Å². The summed E-state index contributed by atoms with van der Waals surface area (Å²) in [5, 5.41) is 5.01.